The number of fused-ring (bicyclic) bond motifs is 1. The van der Waals surface area contributed by atoms with E-state index in [-0.39, 0.29) is 29.6 Å². The molecule has 0 bridgehead atoms. The normalized spacial score (nSPS) is 33.8. The van der Waals surface area contributed by atoms with Gasteiger partial charge >= 0.3 is 5.97 Å². The van der Waals surface area contributed by atoms with E-state index in [1.165, 1.54) is 13.5 Å². The summed E-state index contributed by atoms with van der Waals surface area (Å²) in [6.45, 7) is 6.01. The lowest BCUT2D eigenvalue weighted by molar-refractivity contribution is -0.153. The van der Waals surface area contributed by atoms with Crippen LogP contribution in [0.25, 0.3) is 0 Å². The lowest BCUT2D eigenvalue weighted by Gasteiger charge is -2.52. The minimum Gasteiger partial charge on any atom is -0.465 e. The van der Waals surface area contributed by atoms with E-state index >= 15 is 0 Å². The summed E-state index contributed by atoms with van der Waals surface area (Å²) < 4.78 is 11.2. The van der Waals surface area contributed by atoms with Crippen molar-refractivity contribution in [3.63, 3.8) is 0 Å². The van der Waals surface area contributed by atoms with E-state index in [2.05, 4.69) is 19.2 Å². The van der Waals surface area contributed by atoms with Crippen LogP contribution in [-0.4, -0.2) is 30.6 Å². The van der Waals surface area contributed by atoms with Gasteiger partial charge in [-0.05, 0) is 43.4 Å². The molecule has 1 aromatic rings. The number of benzene rings is 1. The molecular formula is C21H29NO4. The molecule has 1 aliphatic carbocycles. The molecule has 26 heavy (non-hydrogen) atoms. The molecule has 142 valence electrons. The van der Waals surface area contributed by atoms with Crippen molar-refractivity contribution in [3.05, 3.63) is 35.4 Å². The average molecular weight is 359 g/mol. The topological polar surface area (TPSA) is 64.6 Å². The largest absolute Gasteiger partial charge is 0.465 e. The van der Waals surface area contributed by atoms with Crippen molar-refractivity contribution in [2.45, 2.75) is 64.2 Å². The zero-order valence-electron chi connectivity index (χ0n) is 16.1. The Balaban J connectivity index is 1.85. The molecule has 2 aliphatic rings. The summed E-state index contributed by atoms with van der Waals surface area (Å²) in [5, 5.41) is 3.22. The Morgan fingerprint density at radius 1 is 1.23 bits per heavy atom. The molecule has 2 fully saturated rings. The first-order valence-corrected chi connectivity index (χ1v) is 9.45. The van der Waals surface area contributed by atoms with E-state index in [0.717, 1.165) is 24.8 Å². The smallest absolute Gasteiger partial charge is 0.337 e. The molecule has 1 heterocycles. The van der Waals surface area contributed by atoms with Crippen LogP contribution in [0, 0.1) is 11.8 Å². The Hall–Kier alpha value is -1.88. The lowest BCUT2D eigenvalue weighted by Crippen LogP contribution is -2.60. The van der Waals surface area contributed by atoms with E-state index < -0.39 is 0 Å². The summed E-state index contributed by atoms with van der Waals surface area (Å²) in [7, 11) is 1.38. The summed E-state index contributed by atoms with van der Waals surface area (Å²) in [6.07, 6.45) is 4.07. The van der Waals surface area contributed by atoms with Crippen LogP contribution in [-0.2, 0) is 14.3 Å². The molecule has 3 rings (SSSR count). The fourth-order valence-corrected chi connectivity index (χ4v) is 4.70. The number of methoxy groups -OCH3 is 1. The Kier molecular flexibility index (Phi) is 5.37. The summed E-state index contributed by atoms with van der Waals surface area (Å²) in [5.41, 5.74) is 1.28. The third-order valence-electron chi connectivity index (χ3n) is 5.99. The first kappa shape index (κ1) is 18.9. The van der Waals surface area contributed by atoms with Crippen LogP contribution in [0.15, 0.2) is 24.3 Å². The van der Waals surface area contributed by atoms with Gasteiger partial charge in [0.1, 0.15) is 0 Å². The van der Waals surface area contributed by atoms with Gasteiger partial charge in [0.2, 0.25) is 5.91 Å². The maximum Gasteiger partial charge on any atom is 0.337 e. The standard InChI is InChI=1S/C21H29NO4/c1-13-5-10-17-18(11-13)26-19(12-21(17,3)22-14(2)23)15-6-8-16(9-7-15)20(24)25-4/h6-9,13,17-19H,5,10-12H2,1-4H3,(H,22,23)/t13-,17-,18-,19-,21+/m1/s1. The quantitative estimate of drug-likeness (QED) is 0.837. The molecule has 1 saturated heterocycles. The predicted molar refractivity (Wildman–Crippen MR) is 98.7 cm³/mol. The van der Waals surface area contributed by atoms with Gasteiger partial charge in [-0.25, -0.2) is 4.79 Å². The number of esters is 1. The second-order valence-corrected chi connectivity index (χ2v) is 8.10. The zero-order valence-corrected chi connectivity index (χ0v) is 16.1. The van der Waals surface area contributed by atoms with Crippen LogP contribution in [0.4, 0.5) is 0 Å². The number of carbonyl (C=O) groups is 2. The molecule has 1 amide bonds. The third kappa shape index (κ3) is 3.78. The van der Waals surface area contributed by atoms with Gasteiger partial charge in [-0.1, -0.05) is 25.5 Å². The number of amides is 1. The van der Waals surface area contributed by atoms with Crippen LogP contribution < -0.4 is 5.32 Å². The molecule has 0 radical (unpaired) electrons. The van der Waals surface area contributed by atoms with Crippen LogP contribution in [0.1, 0.15) is 68.5 Å². The predicted octanol–water partition coefficient (Wildman–Crippen LogP) is 3.63. The Morgan fingerprint density at radius 3 is 2.54 bits per heavy atom. The molecule has 5 heteroatoms. The van der Waals surface area contributed by atoms with E-state index in [1.54, 1.807) is 19.1 Å². The molecule has 5 nitrogen and oxygen atoms in total. The summed E-state index contributed by atoms with van der Waals surface area (Å²) in [5.74, 6) is 0.642. The Morgan fingerprint density at radius 2 is 1.92 bits per heavy atom. The number of ether oxygens (including phenoxy) is 2. The molecule has 0 spiro atoms. The average Bonchev–Trinajstić information content (AvgIpc) is 2.59. The number of nitrogens with one attached hydrogen (secondary N) is 1. The lowest BCUT2D eigenvalue weighted by atomic mass is 9.66. The first-order valence-electron chi connectivity index (χ1n) is 9.45. The highest BCUT2D eigenvalue weighted by Gasteiger charge is 2.49. The molecule has 0 aromatic heterocycles. The highest BCUT2D eigenvalue weighted by molar-refractivity contribution is 5.89. The molecule has 1 aromatic carbocycles. The fraction of sp³-hybridized carbons (Fsp3) is 0.619. The zero-order chi connectivity index (χ0) is 18.9. The van der Waals surface area contributed by atoms with Gasteiger partial charge in [-0.2, -0.15) is 0 Å². The molecule has 1 saturated carbocycles. The highest BCUT2D eigenvalue weighted by Crippen LogP contribution is 2.47. The van der Waals surface area contributed by atoms with Gasteiger partial charge in [-0.3, -0.25) is 4.79 Å². The maximum atomic E-state index is 11.8. The number of rotatable bonds is 3. The van der Waals surface area contributed by atoms with Gasteiger partial charge < -0.3 is 14.8 Å². The number of hydrogen-bond donors (Lipinski definition) is 1. The van der Waals surface area contributed by atoms with Crippen molar-refractivity contribution in [2.24, 2.45) is 11.8 Å². The van der Waals surface area contributed by atoms with Crippen LogP contribution in [0.3, 0.4) is 0 Å². The number of carbonyl (C=O) groups excluding carboxylic acids is 2. The minimum atomic E-state index is -0.342. The van der Waals surface area contributed by atoms with Gasteiger partial charge in [0.05, 0.1) is 24.9 Å². The van der Waals surface area contributed by atoms with E-state index in [0.29, 0.717) is 17.4 Å². The number of hydrogen-bond acceptors (Lipinski definition) is 4. The van der Waals surface area contributed by atoms with Crippen molar-refractivity contribution in [3.8, 4) is 0 Å². The molecular weight excluding hydrogens is 330 g/mol. The van der Waals surface area contributed by atoms with Crippen LogP contribution >= 0.6 is 0 Å². The molecule has 5 atom stereocenters. The summed E-state index contributed by atoms with van der Waals surface area (Å²) in [4.78, 5) is 23.5. The molecule has 1 N–H and O–H groups in total. The van der Waals surface area contributed by atoms with Gasteiger partial charge in [0.15, 0.2) is 0 Å². The van der Waals surface area contributed by atoms with Gasteiger partial charge in [0.25, 0.3) is 0 Å². The summed E-state index contributed by atoms with van der Waals surface area (Å²) in [6, 6.07) is 7.40. The molecule has 1 aliphatic heterocycles. The Labute approximate surface area is 155 Å². The Bertz CT molecular complexity index is 671. The van der Waals surface area contributed by atoms with Crippen LogP contribution in [0.2, 0.25) is 0 Å². The van der Waals surface area contributed by atoms with Gasteiger partial charge in [-0.15, -0.1) is 0 Å². The molecule has 0 unspecified atom stereocenters. The monoisotopic (exact) mass is 359 g/mol. The van der Waals surface area contributed by atoms with E-state index in [1.807, 2.05) is 12.1 Å². The van der Waals surface area contributed by atoms with Crippen molar-refractivity contribution in [1.82, 2.24) is 5.32 Å². The fourth-order valence-electron chi connectivity index (χ4n) is 4.70. The second-order valence-electron chi connectivity index (χ2n) is 8.10. The minimum absolute atomic E-state index is 0.00608. The van der Waals surface area contributed by atoms with Crippen molar-refractivity contribution in [1.29, 1.82) is 0 Å². The van der Waals surface area contributed by atoms with Crippen molar-refractivity contribution < 1.29 is 19.1 Å². The van der Waals surface area contributed by atoms with Gasteiger partial charge in [0, 0.05) is 24.8 Å². The SMILES string of the molecule is COC(=O)c1ccc([C@H]2C[C@](C)(NC(C)=O)[C@@H]3CC[C@@H](C)C[C@H]3O2)cc1. The summed E-state index contributed by atoms with van der Waals surface area (Å²) >= 11 is 0. The van der Waals surface area contributed by atoms with E-state index in [9.17, 15) is 9.59 Å². The van der Waals surface area contributed by atoms with Crippen LogP contribution in [0.5, 0.6) is 0 Å². The maximum absolute atomic E-state index is 11.8. The third-order valence-corrected chi connectivity index (χ3v) is 5.99. The van der Waals surface area contributed by atoms with Crippen molar-refractivity contribution >= 4 is 11.9 Å². The highest BCUT2D eigenvalue weighted by atomic mass is 16.5. The van der Waals surface area contributed by atoms with E-state index in [4.69, 9.17) is 9.47 Å². The first-order chi connectivity index (χ1) is 12.3. The van der Waals surface area contributed by atoms with Crippen molar-refractivity contribution in [2.75, 3.05) is 7.11 Å². The second kappa shape index (κ2) is 7.39.